The van der Waals surface area contributed by atoms with Crippen molar-refractivity contribution in [2.45, 2.75) is 31.6 Å². The lowest BCUT2D eigenvalue weighted by Gasteiger charge is -2.31. The van der Waals surface area contributed by atoms with Crippen LogP contribution in [0, 0.1) is 12.3 Å². The number of aromatic nitrogens is 1. The van der Waals surface area contributed by atoms with Gasteiger partial charge in [0, 0.05) is 29.5 Å². The van der Waals surface area contributed by atoms with Gasteiger partial charge in [-0.1, -0.05) is 29.3 Å². The molecule has 0 unspecified atom stereocenters. The summed E-state index contributed by atoms with van der Waals surface area (Å²) in [6, 6.07) is 6.17. The average molecular weight is 353 g/mol. The highest BCUT2D eigenvalue weighted by molar-refractivity contribution is 7.09. The van der Waals surface area contributed by atoms with Gasteiger partial charge in [0.05, 0.1) is 15.1 Å². The molecular formula is C17H18Cl2N2S. The van der Waals surface area contributed by atoms with Gasteiger partial charge in [-0.15, -0.1) is 11.3 Å². The maximum absolute atomic E-state index is 6.26. The van der Waals surface area contributed by atoms with Crippen LogP contribution < -0.4 is 5.32 Å². The Balaban J connectivity index is 1.69. The molecule has 1 aliphatic heterocycles. The number of benzene rings is 1. The van der Waals surface area contributed by atoms with E-state index in [9.17, 15) is 0 Å². The first-order chi connectivity index (χ1) is 10.5. The van der Waals surface area contributed by atoms with Crippen molar-refractivity contribution in [1.82, 2.24) is 10.3 Å². The quantitative estimate of drug-likeness (QED) is 0.871. The summed E-state index contributed by atoms with van der Waals surface area (Å²) in [4.78, 5) is 4.68. The fourth-order valence-corrected chi connectivity index (χ4v) is 5.38. The summed E-state index contributed by atoms with van der Waals surface area (Å²) >= 11 is 14.1. The molecule has 0 bridgehead atoms. The van der Waals surface area contributed by atoms with Crippen LogP contribution in [0.3, 0.4) is 0 Å². The van der Waals surface area contributed by atoms with Crippen molar-refractivity contribution < 1.29 is 0 Å². The number of piperidine rings is 1. The van der Waals surface area contributed by atoms with Crippen molar-refractivity contribution >= 4 is 34.5 Å². The number of nitrogens with zero attached hydrogens (tertiary/aromatic N) is 1. The summed E-state index contributed by atoms with van der Waals surface area (Å²) in [5.41, 5.74) is 3.00. The highest BCUT2D eigenvalue weighted by Crippen LogP contribution is 2.69. The first-order valence-corrected chi connectivity index (χ1v) is 9.26. The Morgan fingerprint density at radius 1 is 1.32 bits per heavy atom. The van der Waals surface area contributed by atoms with Gasteiger partial charge in [-0.05, 0) is 49.4 Å². The van der Waals surface area contributed by atoms with Crippen LogP contribution >= 0.6 is 34.5 Å². The lowest BCUT2D eigenvalue weighted by atomic mass is 9.79. The van der Waals surface area contributed by atoms with Gasteiger partial charge >= 0.3 is 0 Å². The molecule has 1 aromatic carbocycles. The normalized spacial score (nSPS) is 30.1. The highest BCUT2D eigenvalue weighted by Gasteiger charge is 2.68. The number of rotatable bonds is 3. The van der Waals surface area contributed by atoms with Crippen LogP contribution in [-0.2, 0) is 11.8 Å². The van der Waals surface area contributed by atoms with E-state index in [4.69, 9.17) is 23.2 Å². The molecule has 1 aliphatic carbocycles. The fourth-order valence-electron chi connectivity index (χ4n) is 4.16. The molecule has 1 N–H and O–H groups in total. The number of aryl methyl sites for hydroxylation is 1. The van der Waals surface area contributed by atoms with Crippen LogP contribution in [0.4, 0.5) is 0 Å². The van der Waals surface area contributed by atoms with E-state index in [1.807, 2.05) is 6.07 Å². The van der Waals surface area contributed by atoms with Crippen LogP contribution in [0.15, 0.2) is 23.6 Å². The first-order valence-electron chi connectivity index (χ1n) is 7.62. The molecule has 2 aromatic rings. The molecule has 0 spiro atoms. The van der Waals surface area contributed by atoms with Crippen LogP contribution in [0.25, 0.3) is 0 Å². The zero-order valence-corrected chi connectivity index (χ0v) is 14.8. The number of fused-ring (bicyclic) bond motifs is 1. The molecule has 0 radical (unpaired) electrons. The van der Waals surface area contributed by atoms with E-state index >= 15 is 0 Å². The zero-order chi connectivity index (χ0) is 15.4. The standard InChI is InChI=1S/C17H18Cl2N2S/c1-11-8-22-15(21-11)7-16-9-17(16,4-5-20-10-16)12-2-3-13(18)14(19)6-12/h2-3,6,8,20H,4-5,7,9-10H2,1H3/t16-,17-/m1/s1. The van der Waals surface area contributed by atoms with Crippen molar-refractivity contribution in [3.8, 4) is 0 Å². The van der Waals surface area contributed by atoms with E-state index < -0.39 is 0 Å². The van der Waals surface area contributed by atoms with Gasteiger partial charge in [-0.3, -0.25) is 0 Å². The van der Waals surface area contributed by atoms with Crippen molar-refractivity contribution in [3.63, 3.8) is 0 Å². The van der Waals surface area contributed by atoms with Gasteiger partial charge < -0.3 is 5.32 Å². The van der Waals surface area contributed by atoms with E-state index in [1.54, 1.807) is 11.3 Å². The number of nitrogens with one attached hydrogen (secondary N) is 1. The predicted molar refractivity (Wildman–Crippen MR) is 93.2 cm³/mol. The number of halogens is 2. The second kappa shape index (κ2) is 5.20. The number of hydrogen-bond donors (Lipinski definition) is 1. The van der Waals surface area contributed by atoms with Gasteiger partial charge in [0.25, 0.3) is 0 Å². The molecule has 2 nitrogen and oxygen atoms in total. The summed E-state index contributed by atoms with van der Waals surface area (Å²) in [7, 11) is 0. The van der Waals surface area contributed by atoms with Crippen molar-refractivity contribution in [3.05, 3.63) is 49.9 Å². The van der Waals surface area contributed by atoms with Gasteiger partial charge in [-0.25, -0.2) is 4.98 Å². The van der Waals surface area contributed by atoms with Crippen molar-refractivity contribution in [1.29, 1.82) is 0 Å². The second-order valence-electron chi connectivity index (χ2n) is 6.65. The lowest BCUT2D eigenvalue weighted by Crippen LogP contribution is -2.39. The summed E-state index contributed by atoms with van der Waals surface area (Å²) in [5.74, 6) is 0. The molecule has 0 amide bonds. The molecule has 22 heavy (non-hydrogen) atoms. The zero-order valence-electron chi connectivity index (χ0n) is 12.5. The Kier molecular flexibility index (Phi) is 3.53. The summed E-state index contributed by atoms with van der Waals surface area (Å²) in [6.45, 7) is 4.20. The van der Waals surface area contributed by atoms with Gasteiger partial charge in [-0.2, -0.15) is 0 Å². The second-order valence-corrected chi connectivity index (χ2v) is 8.41. The highest BCUT2D eigenvalue weighted by atomic mass is 35.5. The molecule has 2 atom stereocenters. The molecule has 1 aromatic heterocycles. The van der Waals surface area contributed by atoms with E-state index in [2.05, 4.69) is 34.7 Å². The Hall–Kier alpha value is -0.610. The van der Waals surface area contributed by atoms with Crippen LogP contribution in [-0.4, -0.2) is 18.1 Å². The van der Waals surface area contributed by atoms with Crippen molar-refractivity contribution in [2.24, 2.45) is 5.41 Å². The molecule has 116 valence electrons. The number of hydrogen-bond acceptors (Lipinski definition) is 3. The van der Waals surface area contributed by atoms with Crippen LogP contribution in [0.5, 0.6) is 0 Å². The minimum atomic E-state index is 0.242. The van der Waals surface area contributed by atoms with E-state index in [0.717, 1.165) is 31.6 Å². The molecule has 4 rings (SSSR count). The van der Waals surface area contributed by atoms with Gasteiger partial charge in [0.15, 0.2) is 0 Å². The summed E-state index contributed by atoms with van der Waals surface area (Å²) in [5, 5.41) is 8.28. The monoisotopic (exact) mass is 352 g/mol. The van der Waals surface area contributed by atoms with Gasteiger partial charge in [0.2, 0.25) is 0 Å². The molecule has 2 aliphatic rings. The summed E-state index contributed by atoms with van der Waals surface area (Å²) < 4.78 is 0. The molecule has 2 heterocycles. The Morgan fingerprint density at radius 3 is 2.91 bits per heavy atom. The third kappa shape index (κ3) is 2.22. The Labute approximate surface area is 144 Å². The lowest BCUT2D eigenvalue weighted by molar-refractivity contribution is 0.319. The van der Waals surface area contributed by atoms with Crippen molar-refractivity contribution in [2.75, 3.05) is 13.1 Å². The molecular weight excluding hydrogens is 335 g/mol. The largest absolute Gasteiger partial charge is 0.316 e. The SMILES string of the molecule is Cc1csc(C[C@@]23CNCC[C@]2(c2ccc(Cl)c(Cl)c2)C3)n1. The van der Waals surface area contributed by atoms with E-state index in [0.29, 0.717) is 10.0 Å². The average Bonchev–Trinajstić information content (AvgIpc) is 3.01. The van der Waals surface area contributed by atoms with Gasteiger partial charge in [0.1, 0.15) is 0 Å². The van der Waals surface area contributed by atoms with E-state index in [-0.39, 0.29) is 10.8 Å². The third-order valence-electron chi connectivity index (χ3n) is 5.35. The van der Waals surface area contributed by atoms with E-state index in [1.165, 1.54) is 17.0 Å². The minimum absolute atomic E-state index is 0.242. The smallest absolute Gasteiger partial charge is 0.0934 e. The Bertz CT molecular complexity index is 729. The molecule has 2 fully saturated rings. The molecule has 1 saturated carbocycles. The summed E-state index contributed by atoms with van der Waals surface area (Å²) in [6.07, 6.45) is 3.43. The predicted octanol–water partition coefficient (Wildman–Crippen LogP) is 4.62. The third-order valence-corrected chi connectivity index (χ3v) is 7.06. The molecule has 1 saturated heterocycles. The van der Waals surface area contributed by atoms with Crippen LogP contribution in [0.1, 0.15) is 29.1 Å². The molecule has 5 heteroatoms. The Morgan fingerprint density at radius 2 is 2.18 bits per heavy atom. The minimum Gasteiger partial charge on any atom is -0.316 e. The topological polar surface area (TPSA) is 24.9 Å². The number of thiazole rings is 1. The maximum Gasteiger partial charge on any atom is 0.0934 e. The maximum atomic E-state index is 6.26. The first kappa shape index (κ1) is 14.9. The van der Waals surface area contributed by atoms with Crippen LogP contribution in [0.2, 0.25) is 10.0 Å². The fraction of sp³-hybridized carbons (Fsp3) is 0.471.